The molecule has 0 aliphatic heterocycles. The molecular weight excluding hydrogens is 210 g/mol. The first kappa shape index (κ1) is 10.2. The smallest absolute Gasteiger partial charge is 0.252 e. The van der Waals surface area contributed by atoms with Gasteiger partial charge in [-0.25, -0.2) is 0 Å². The molecule has 0 bridgehead atoms. The van der Waals surface area contributed by atoms with Crippen LogP contribution in [0.5, 0.6) is 0 Å². The van der Waals surface area contributed by atoms with Crippen LogP contribution in [0, 0.1) is 13.8 Å². The number of hydrogen-bond acceptors (Lipinski definition) is 1. The van der Waals surface area contributed by atoms with Crippen LogP contribution in [0.15, 0.2) is 23.0 Å². The third-order valence-electron chi connectivity index (χ3n) is 2.68. The topological polar surface area (TPSA) is 32.9 Å². The Labute approximate surface area is 92.9 Å². The zero-order valence-corrected chi connectivity index (χ0v) is 9.48. The van der Waals surface area contributed by atoms with Crippen molar-refractivity contribution in [2.45, 2.75) is 19.7 Å². The molecule has 0 radical (unpaired) electrons. The predicted molar refractivity (Wildman–Crippen MR) is 63.6 cm³/mol. The number of alkyl halides is 1. The monoisotopic (exact) mass is 221 g/mol. The number of aryl methyl sites for hydroxylation is 2. The van der Waals surface area contributed by atoms with E-state index in [2.05, 4.69) is 18.0 Å². The summed E-state index contributed by atoms with van der Waals surface area (Å²) in [5.74, 6) is 0.248. The van der Waals surface area contributed by atoms with Crippen molar-refractivity contribution in [1.29, 1.82) is 0 Å². The minimum absolute atomic E-state index is 0.0965. The lowest BCUT2D eigenvalue weighted by atomic mass is 10.1. The number of aromatic nitrogens is 1. The minimum Gasteiger partial charge on any atom is -0.322 e. The van der Waals surface area contributed by atoms with Crippen LogP contribution in [0.1, 0.15) is 16.7 Å². The van der Waals surface area contributed by atoms with Gasteiger partial charge in [-0.15, -0.1) is 11.6 Å². The van der Waals surface area contributed by atoms with Crippen molar-refractivity contribution in [1.82, 2.24) is 4.98 Å². The first-order valence-electron chi connectivity index (χ1n) is 4.81. The molecule has 0 aliphatic carbocycles. The summed E-state index contributed by atoms with van der Waals surface area (Å²) in [7, 11) is 0. The van der Waals surface area contributed by atoms with E-state index in [4.69, 9.17) is 11.6 Å². The Morgan fingerprint density at radius 1 is 1.20 bits per heavy atom. The van der Waals surface area contributed by atoms with Gasteiger partial charge in [0.05, 0.1) is 5.88 Å². The second kappa shape index (κ2) is 3.70. The molecule has 0 amide bonds. The van der Waals surface area contributed by atoms with Crippen molar-refractivity contribution >= 4 is 22.5 Å². The highest BCUT2D eigenvalue weighted by Gasteiger charge is 2.03. The number of benzene rings is 1. The average molecular weight is 222 g/mol. The zero-order valence-electron chi connectivity index (χ0n) is 8.73. The summed E-state index contributed by atoms with van der Waals surface area (Å²) in [6.45, 7) is 4.09. The number of fused-ring (bicyclic) bond motifs is 1. The first-order chi connectivity index (χ1) is 7.11. The van der Waals surface area contributed by atoms with E-state index in [1.807, 2.05) is 19.1 Å². The maximum atomic E-state index is 11.5. The van der Waals surface area contributed by atoms with Crippen LogP contribution in [0.25, 0.3) is 10.9 Å². The third kappa shape index (κ3) is 1.77. The second-order valence-corrected chi connectivity index (χ2v) is 4.05. The number of pyridine rings is 1. The molecule has 78 valence electrons. The lowest BCUT2D eigenvalue weighted by Crippen LogP contribution is -2.10. The van der Waals surface area contributed by atoms with Gasteiger partial charge in [0.1, 0.15) is 0 Å². The van der Waals surface area contributed by atoms with Crippen LogP contribution >= 0.6 is 11.6 Å². The molecule has 0 unspecified atom stereocenters. The Hall–Kier alpha value is -1.28. The van der Waals surface area contributed by atoms with Crippen molar-refractivity contribution in [3.63, 3.8) is 0 Å². The molecule has 0 aliphatic rings. The number of nitrogens with one attached hydrogen (secondary N) is 1. The lowest BCUT2D eigenvalue weighted by molar-refractivity contribution is 1.20. The molecule has 1 heterocycles. The molecule has 1 N–H and O–H groups in total. The maximum absolute atomic E-state index is 11.5. The summed E-state index contributed by atoms with van der Waals surface area (Å²) >= 11 is 5.68. The van der Waals surface area contributed by atoms with Crippen molar-refractivity contribution in [3.05, 3.63) is 45.2 Å². The Morgan fingerprint density at radius 3 is 2.53 bits per heavy atom. The molecule has 0 fully saturated rings. The van der Waals surface area contributed by atoms with Gasteiger partial charge in [-0.1, -0.05) is 0 Å². The van der Waals surface area contributed by atoms with E-state index in [1.165, 1.54) is 11.1 Å². The van der Waals surface area contributed by atoms with Gasteiger partial charge in [-0.3, -0.25) is 4.79 Å². The van der Waals surface area contributed by atoms with Gasteiger partial charge in [-0.2, -0.15) is 0 Å². The molecule has 1 aromatic carbocycles. The quantitative estimate of drug-likeness (QED) is 0.738. The van der Waals surface area contributed by atoms with Crippen LogP contribution in [0.3, 0.4) is 0 Å². The summed E-state index contributed by atoms with van der Waals surface area (Å²) in [5.41, 5.74) is 3.79. The second-order valence-electron chi connectivity index (χ2n) is 3.78. The predicted octanol–water partition coefficient (Wildman–Crippen LogP) is 2.88. The van der Waals surface area contributed by atoms with E-state index in [0.717, 1.165) is 10.9 Å². The fraction of sp³-hybridized carbons (Fsp3) is 0.250. The number of aromatic amines is 1. The average Bonchev–Trinajstić information content (AvgIpc) is 2.20. The Kier molecular flexibility index (Phi) is 2.53. The normalized spacial score (nSPS) is 10.9. The van der Waals surface area contributed by atoms with Crippen LogP contribution in [0.2, 0.25) is 0 Å². The molecule has 2 rings (SSSR count). The Bertz CT molecular complexity index is 572. The summed E-state index contributed by atoms with van der Waals surface area (Å²) in [4.78, 5) is 14.4. The SMILES string of the molecule is Cc1cc2cc(CCl)c(=O)[nH]c2cc1C. The van der Waals surface area contributed by atoms with Crippen LogP contribution in [-0.2, 0) is 5.88 Å². The standard InChI is InChI=1S/C12H12ClNO/c1-7-3-9-5-10(6-13)12(15)14-11(9)4-8(7)2/h3-5H,6H2,1-2H3,(H,14,15). The summed E-state index contributed by atoms with van der Waals surface area (Å²) in [5, 5.41) is 1.04. The van der Waals surface area contributed by atoms with Gasteiger partial charge in [0.2, 0.25) is 0 Å². The van der Waals surface area contributed by atoms with E-state index >= 15 is 0 Å². The molecule has 0 saturated carbocycles. The van der Waals surface area contributed by atoms with Gasteiger partial charge in [0.25, 0.3) is 5.56 Å². The highest BCUT2D eigenvalue weighted by molar-refractivity contribution is 6.17. The maximum Gasteiger partial charge on any atom is 0.252 e. The van der Waals surface area contributed by atoms with E-state index in [1.54, 1.807) is 0 Å². The van der Waals surface area contributed by atoms with Gasteiger partial charge >= 0.3 is 0 Å². The number of rotatable bonds is 1. The largest absolute Gasteiger partial charge is 0.322 e. The Balaban J connectivity index is 2.82. The minimum atomic E-state index is -0.0965. The fourth-order valence-corrected chi connectivity index (χ4v) is 1.82. The number of hydrogen-bond donors (Lipinski definition) is 1. The molecule has 15 heavy (non-hydrogen) atoms. The molecule has 0 saturated heterocycles. The number of halogens is 1. The van der Waals surface area contributed by atoms with Crippen LogP contribution in [-0.4, -0.2) is 4.98 Å². The zero-order chi connectivity index (χ0) is 11.0. The van der Waals surface area contributed by atoms with Crippen molar-refractivity contribution in [2.75, 3.05) is 0 Å². The molecular formula is C12H12ClNO. The van der Waals surface area contributed by atoms with Crippen molar-refractivity contribution < 1.29 is 0 Å². The van der Waals surface area contributed by atoms with Crippen molar-refractivity contribution in [2.24, 2.45) is 0 Å². The van der Waals surface area contributed by atoms with E-state index in [0.29, 0.717) is 5.56 Å². The highest BCUT2D eigenvalue weighted by Crippen LogP contribution is 2.17. The number of H-pyrrole nitrogens is 1. The highest BCUT2D eigenvalue weighted by atomic mass is 35.5. The van der Waals surface area contributed by atoms with Gasteiger partial charge in [0, 0.05) is 11.1 Å². The molecule has 2 aromatic rings. The van der Waals surface area contributed by atoms with Crippen LogP contribution in [0.4, 0.5) is 0 Å². The van der Waals surface area contributed by atoms with Crippen molar-refractivity contribution in [3.8, 4) is 0 Å². The molecule has 0 atom stereocenters. The van der Waals surface area contributed by atoms with Gasteiger partial charge in [-0.05, 0) is 48.6 Å². The van der Waals surface area contributed by atoms with Gasteiger partial charge in [0.15, 0.2) is 0 Å². The lowest BCUT2D eigenvalue weighted by Gasteiger charge is -2.04. The molecule has 2 nitrogen and oxygen atoms in total. The summed E-state index contributed by atoms with van der Waals surface area (Å²) < 4.78 is 0. The third-order valence-corrected chi connectivity index (χ3v) is 2.97. The molecule has 3 heteroatoms. The van der Waals surface area contributed by atoms with E-state index in [-0.39, 0.29) is 11.4 Å². The first-order valence-corrected chi connectivity index (χ1v) is 5.34. The van der Waals surface area contributed by atoms with E-state index < -0.39 is 0 Å². The molecule has 0 spiro atoms. The van der Waals surface area contributed by atoms with E-state index in [9.17, 15) is 4.79 Å². The summed E-state index contributed by atoms with van der Waals surface area (Å²) in [6.07, 6.45) is 0. The fourth-order valence-electron chi connectivity index (χ4n) is 1.62. The molecule has 1 aromatic heterocycles. The van der Waals surface area contributed by atoms with Crippen LogP contribution < -0.4 is 5.56 Å². The van der Waals surface area contributed by atoms with Gasteiger partial charge < -0.3 is 4.98 Å². The summed E-state index contributed by atoms with van der Waals surface area (Å²) in [6, 6.07) is 5.91. The Morgan fingerprint density at radius 2 is 1.87 bits per heavy atom.